The van der Waals surface area contributed by atoms with Gasteiger partial charge in [-0.15, -0.1) is 0 Å². The second-order valence-corrected chi connectivity index (χ2v) is 8.91. The molecule has 1 aromatic carbocycles. The molecule has 1 heterocycles. The van der Waals surface area contributed by atoms with Crippen molar-refractivity contribution in [2.24, 2.45) is 0 Å². The SMILES string of the molecule is CCn1ccc(CNS(=O)(=O)c2ccc(S(=O)(=O)NC(C)C#N)cc2)n1. The van der Waals surface area contributed by atoms with Gasteiger partial charge in [0.2, 0.25) is 20.0 Å². The molecule has 26 heavy (non-hydrogen) atoms. The highest BCUT2D eigenvalue weighted by Gasteiger charge is 2.19. The highest BCUT2D eigenvalue weighted by Crippen LogP contribution is 2.15. The van der Waals surface area contributed by atoms with Crippen LogP contribution in [0.15, 0.2) is 46.3 Å². The average molecular weight is 397 g/mol. The third-order valence-corrected chi connectivity index (χ3v) is 6.41. The summed E-state index contributed by atoms with van der Waals surface area (Å²) >= 11 is 0. The molecule has 0 saturated carbocycles. The number of sulfonamides is 2. The van der Waals surface area contributed by atoms with E-state index < -0.39 is 26.1 Å². The largest absolute Gasteiger partial charge is 0.273 e. The lowest BCUT2D eigenvalue weighted by atomic mass is 10.4. The Morgan fingerprint density at radius 2 is 1.69 bits per heavy atom. The van der Waals surface area contributed by atoms with Crippen molar-refractivity contribution < 1.29 is 16.8 Å². The quantitative estimate of drug-likeness (QED) is 0.669. The summed E-state index contributed by atoms with van der Waals surface area (Å²) in [7, 11) is -7.70. The minimum atomic E-state index is -3.89. The highest BCUT2D eigenvalue weighted by atomic mass is 32.2. The van der Waals surface area contributed by atoms with E-state index in [2.05, 4.69) is 14.5 Å². The molecule has 2 aromatic rings. The third-order valence-electron chi connectivity index (χ3n) is 3.43. The van der Waals surface area contributed by atoms with Gasteiger partial charge in [-0.2, -0.15) is 15.1 Å². The first-order chi connectivity index (χ1) is 12.2. The van der Waals surface area contributed by atoms with Gasteiger partial charge in [0.25, 0.3) is 0 Å². The van der Waals surface area contributed by atoms with Crippen molar-refractivity contribution in [3.05, 3.63) is 42.2 Å². The van der Waals surface area contributed by atoms with Gasteiger partial charge in [0.15, 0.2) is 0 Å². The van der Waals surface area contributed by atoms with Gasteiger partial charge in [0, 0.05) is 12.7 Å². The Bertz CT molecular complexity index is 1010. The summed E-state index contributed by atoms with van der Waals surface area (Å²) in [5, 5.41) is 12.9. The molecule has 9 nitrogen and oxygen atoms in total. The van der Waals surface area contributed by atoms with Crippen molar-refractivity contribution >= 4 is 20.0 Å². The van der Waals surface area contributed by atoms with Gasteiger partial charge >= 0.3 is 0 Å². The zero-order valence-electron chi connectivity index (χ0n) is 14.2. The molecule has 0 bridgehead atoms. The molecular weight excluding hydrogens is 378 g/mol. The number of nitriles is 1. The van der Waals surface area contributed by atoms with Gasteiger partial charge in [0.05, 0.1) is 28.1 Å². The van der Waals surface area contributed by atoms with Crippen LogP contribution in [0.2, 0.25) is 0 Å². The number of nitrogens with zero attached hydrogens (tertiary/aromatic N) is 3. The lowest BCUT2D eigenvalue weighted by Gasteiger charge is -2.09. The molecule has 0 aliphatic heterocycles. The smallest absolute Gasteiger partial charge is 0.241 e. The van der Waals surface area contributed by atoms with E-state index in [4.69, 9.17) is 5.26 Å². The lowest BCUT2D eigenvalue weighted by molar-refractivity contribution is 0.573. The topological polar surface area (TPSA) is 134 Å². The molecule has 2 N–H and O–H groups in total. The summed E-state index contributed by atoms with van der Waals surface area (Å²) in [5.41, 5.74) is 0.573. The monoisotopic (exact) mass is 397 g/mol. The Balaban J connectivity index is 2.12. The Labute approximate surface area is 152 Å². The summed E-state index contributed by atoms with van der Waals surface area (Å²) in [5.74, 6) is 0. The molecule has 0 saturated heterocycles. The van der Waals surface area contributed by atoms with E-state index in [1.807, 2.05) is 6.92 Å². The molecule has 2 rings (SSSR count). The van der Waals surface area contributed by atoms with E-state index in [1.165, 1.54) is 31.2 Å². The molecule has 1 unspecified atom stereocenters. The van der Waals surface area contributed by atoms with Crippen molar-refractivity contribution in [2.45, 2.75) is 42.8 Å². The average Bonchev–Trinajstić information content (AvgIpc) is 3.08. The fourth-order valence-electron chi connectivity index (χ4n) is 2.05. The van der Waals surface area contributed by atoms with E-state index in [9.17, 15) is 16.8 Å². The second-order valence-electron chi connectivity index (χ2n) is 5.43. The standard InChI is InChI=1S/C15H19N5O4S2/c1-3-20-9-8-13(18-20)11-17-25(21,22)14-4-6-15(7-5-14)26(23,24)19-12(2)10-16/h4-9,12,17,19H,3,11H2,1-2H3. The van der Waals surface area contributed by atoms with Gasteiger partial charge in [-0.3, -0.25) is 4.68 Å². The minimum absolute atomic E-state index is 0.0244. The van der Waals surface area contributed by atoms with Gasteiger partial charge in [-0.05, 0) is 44.2 Å². The van der Waals surface area contributed by atoms with Crippen molar-refractivity contribution in [1.29, 1.82) is 5.26 Å². The van der Waals surface area contributed by atoms with Crippen molar-refractivity contribution in [3.8, 4) is 6.07 Å². The maximum atomic E-state index is 12.3. The van der Waals surface area contributed by atoms with Gasteiger partial charge < -0.3 is 0 Å². The van der Waals surface area contributed by atoms with Crippen LogP contribution in [0.4, 0.5) is 0 Å². The Morgan fingerprint density at radius 1 is 1.12 bits per heavy atom. The van der Waals surface area contributed by atoms with Crippen LogP contribution >= 0.6 is 0 Å². The zero-order valence-corrected chi connectivity index (χ0v) is 15.9. The summed E-state index contributed by atoms with van der Waals surface area (Å²) in [4.78, 5) is -0.194. The number of hydrogen-bond acceptors (Lipinski definition) is 6. The highest BCUT2D eigenvalue weighted by molar-refractivity contribution is 7.90. The number of nitrogens with one attached hydrogen (secondary N) is 2. The molecular formula is C15H19N5O4S2. The minimum Gasteiger partial charge on any atom is -0.273 e. The summed E-state index contributed by atoms with van der Waals surface area (Å²) in [6.07, 6.45) is 1.75. The zero-order chi connectivity index (χ0) is 19.4. The van der Waals surface area contributed by atoms with Gasteiger partial charge in [-0.25, -0.2) is 21.6 Å². The number of aryl methyl sites for hydroxylation is 1. The first-order valence-corrected chi connectivity index (χ1v) is 10.7. The fourth-order valence-corrected chi connectivity index (χ4v) is 4.20. The predicted molar refractivity (Wildman–Crippen MR) is 93.8 cm³/mol. The van der Waals surface area contributed by atoms with Crippen LogP contribution in [0, 0.1) is 11.3 Å². The molecule has 1 aromatic heterocycles. The molecule has 0 aliphatic rings. The number of aromatic nitrogens is 2. The normalized spacial score (nSPS) is 13.3. The van der Waals surface area contributed by atoms with E-state index >= 15 is 0 Å². The van der Waals surface area contributed by atoms with Crippen LogP contribution in [-0.2, 0) is 33.1 Å². The number of rotatable bonds is 8. The molecule has 0 aliphatic carbocycles. The molecule has 0 spiro atoms. The second kappa shape index (κ2) is 7.96. The van der Waals surface area contributed by atoms with Crippen LogP contribution in [-0.4, -0.2) is 32.7 Å². The van der Waals surface area contributed by atoms with E-state index in [-0.39, 0.29) is 16.3 Å². The van der Waals surface area contributed by atoms with Crippen LogP contribution < -0.4 is 9.44 Å². The predicted octanol–water partition coefficient (Wildman–Crippen LogP) is 0.572. The first kappa shape index (κ1) is 20.1. The van der Waals surface area contributed by atoms with Crippen molar-refractivity contribution in [3.63, 3.8) is 0 Å². The van der Waals surface area contributed by atoms with Crippen LogP contribution in [0.5, 0.6) is 0 Å². The van der Waals surface area contributed by atoms with Crippen LogP contribution in [0.25, 0.3) is 0 Å². The molecule has 0 radical (unpaired) electrons. The molecule has 1 atom stereocenters. The summed E-state index contributed by atoms with van der Waals surface area (Å²) < 4.78 is 55.0. The fraction of sp³-hybridized carbons (Fsp3) is 0.333. The van der Waals surface area contributed by atoms with Gasteiger partial charge in [0.1, 0.15) is 6.04 Å². The summed E-state index contributed by atoms with van der Waals surface area (Å²) in [6, 6.07) is 7.31. The molecule has 11 heteroatoms. The third kappa shape index (κ3) is 4.89. The molecule has 0 amide bonds. The van der Waals surface area contributed by atoms with E-state index in [0.29, 0.717) is 12.2 Å². The summed E-state index contributed by atoms with van der Waals surface area (Å²) in [6.45, 7) is 4.03. The lowest BCUT2D eigenvalue weighted by Crippen LogP contribution is -2.31. The van der Waals surface area contributed by atoms with Crippen LogP contribution in [0.1, 0.15) is 19.5 Å². The Hall–Kier alpha value is -2.26. The maximum absolute atomic E-state index is 12.3. The van der Waals surface area contributed by atoms with Crippen molar-refractivity contribution in [1.82, 2.24) is 19.2 Å². The molecule has 0 fully saturated rings. The number of hydrogen-bond donors (Lipinski definition) is 2. The van der Waals surface area contributed by atoms with Gasteiger partial charge in [-0.1, -0.05) is 0 Å². The van der Waals surface area contributed by atoms with Crippen molar-refractivity contribution in [2.75, 3.05) is 0 Å². The number of benzene rings is 1. The molecule has 140 valence electrons. The maximum Gasteiger partial charge on any atom is 0.241 e. The Morgan fingerprint density at radius 3 is 2.19 bits per heavy atom. The Kier molecular flexibility index (Phi) is 6.14. The van der Waals surface area contributed by atoms with E-state index in [0.717, 1.165) is 0 Å². The van der Waals surface area contributed by atoms with Crippen LogP contribution in [0.3, 0.4) is 0 Å². The van der Waals surface area contributed by atoms with E-state index in [1.54, 1.807) is 23.0 Å². The first-order valence-electron chi connectivity index (χ1n) is 7.72.